The molecule has 0 saturated heterocycles. The lowest BCUT2D eigenvalue weighted by Crippen LogP contribution is -2.39. The highest BCUT2D eigenvalue weighted by atomic mass is 32.1. The van der Waals surface area contributed by atoms with Crippen molar-refractivity contribution >= 4 is 39.0 Å². The first-order valence-corrected chi connectivity index (χ1v) is 11.1. The standard InChI is InChI=1S/C24H24N2O3S/c27-21(19-15-30-22-11-4-3-9-18(19)22)12-13-23(28)25-14-24(29)26-20-10-5-7-16-6-1-2-8-17(16)20/h1-4,6,8-9,11,15,20H,5,7,10,12-14H2,(H,25,28)(H,26,29). The number of amides is 2. The molecule has 30 heavy (non-hydrogen) atoms. The van der Waals surface area contributed by atoms with E-state index in [2.05, 4.69) is 22.8 Å². The van der Waals surface area contributed by atoms with E-state index < -0.39 is 0 Å². The van der Waals surface area contributed by atoms with E-state index in [0.29, 0.717) is 5.56 Å². The summed E-state index contributed by atoms with van der Waals surface area (Å²) in [4.78, 5) is 36.9. The van der Waals surface area contributed by atoms with Crippen molar-refractivity contribution in [2.45, 2.75) is 38.1 Å². The van der Waals surface area contributed by atoms with Gasteiger partial charge in [0.1, 0.15) is 0 Å². The molecule has 1 aliphatic rings. The van der Waals surface area contributed by atoms with Crippen LogP contribution in [0.1, 0.15) is 53.2 Å². The zero-order chi connectivity index (χ0) is 20.9. The number of hydrogen-bond donors (Lipinski definition) is 2. The Morgan fingerprint density at radius 2 is 1.77 bits per heavy atom. The number of ketones is 1. The number of hydrogen-bond acceptors (Lipinski definition) is 4. The van der Waals surface area contributed by atoms with Crippen LogP contribution in [0.5, 0.6) is 0 Å². The molecule has 1 aliphatic carbocycles. The maximum atomic E-state index is 12.5. The maximum Gasteiger partial charge on any atom is 0.239 e. The van der Waals surface area contributed by atoms with Gasteiger partial charge in [-0.15, -0.1) is 11.3 Å². The summed E-state index contributed by atoms with van der Waals surface area (Å²) in [6.07, 6.45) is 3.17. The average Bonchev–Trinajstić information content (AvgIpc) is 3.20. The fraction of sp³-hybridized carbons (Fsp3) is 0.292. The van der Waals surface area contributed by atoms with Crippen LogP contribution < -0.4 is 10.6 Å². The van der Waals surface area contributed by atoms with Crippen LogP contribution >= 0.6 is 11.3 Å². The van der Waals surface area contributed by atoms with Crippen LogP contribution in [0.25, 0.3) is 10.1 Å². The van der Waals surface area contributed by atoms with Gasteiger partial charge in [-0.3, -0.25) is 14.4 Å². The van der Waals surface area contributed by atoms with Crippen LogP contribution in [0.3, 0.4) is 0 Å². The fourth-order valence-electron chi connectivity index (χ4n) is 3.97. The molecule has 1 atom stereocenters. The first-order chi connectivity index (χ1) is 14.6. The highest BCUT2D eigenvalue weighted by molar-refractivity contribution is 7.17. The number of carbonyl (C=O) groups is 3. The molecule has 154 valence electrons. The summed E-state index contributed by atoms with van der Waals surface area (Å²) in [5, 5.41) is 8.43. The minimum Gasteiger partial charge on any atom is -0.348 e. The van der Waals surface area contributed by atoms with E-state index >= 15 is 0 Å². The summed E-state index contributed by atoms with van der Waals surface area (Å²) < 4.78 is 1.06. The molecule has 0 fully saturated rings. The number of thiophene rings is 1. The number of carbonyl (C=O) groups excluding carboxylic acids is 3. The van der Waals surface area contributed by atoms with Crippen molar-refractivity contribution in [2.24, 2.45) is 0 Å². The smallest absolute Gasteiger partial charge is 0.239 e. The van der Waals surface area contributed by atoms with Crippen LogP contribution in [0.2, 0.25) is 0 Å². The molecule has 0 spiro atoms. The molecule has 2 amide bonds. The maximum absolute atomic E-state index is 12.5. The zero-order valence-corrected chi connectivity index (χ0v) is 17.5. The molecule has 0 saturated carbocycles. The molecule has 5 nitrogen and oxygen atoms in total. The summed E-state index contributed by atoms with van der Waals surface area (Å²) >= 11 is 1.53. The Morgan fingerprint density at radius 1 is 0.967 bits per heavy atom. The molecule has 1 aromatic heterocycles. The lowest BCUT2D eigenvalue weighted by Gasteiger charge is -2.26. The van der Waals surface area contributed by atoms with Gasteiger partial charge in [0.05, 0.1) is 12.6 Å². The lowest BCUT2D eigenvalue weighted by molar-refractivity contribution is -0.126. The molecule has 6 heteroatoms. The van der Waals surface area contributed by atoms with Crippen LogP contribution in [-0.4, -0.2) is 24.1 Å². The van der Waals surface area contributed by atoms with Crippen molar-refractivity contribution < 1.29 is 14.4 Å². The molecule has 2 aromatic carbocycles. The van der Waals surface area contributed by atoms with Gasteiger partial charge in [0.15, 0.2) is 5.78 Å². The van der Waals surface area contributed by atoms with E-state index in [4.69, 9.17) is 0 Å². The summed E-state index contributed by atoms with van der Waals surface area (Å²) in [7, 11) is 0. The highest BCUT2D eigenvalue weighted by Gasteiger charge is 2.21. The predicted molar refractivity (Wildman–Crippen MR) is 119 cm³/mol. The third-order valence-electron chi connectivity index (χ3n) is 5.51. The number of nitrogens with one attached hydrogen (secondary N) is 2. The van der Waals surface area contributed by atoms with Gasteiger partial charge in [0, 0.05) is 33.9 Å². The summed E-state index contributed by atoms with van der Waals surface area (Å²) in [6.45, 7) is -0.0763. The van der Waals surface area contributed by atoms with Crippen molar-refractivity contribution in [3.63, 3.8) is 0 Å². The number of fused-ring (bicyclic) bond motifs is 2. The van der Waals surface area contributed by atoms with E-state index in [1.165, 1.54) is 16.9 Å². The van der Waals surface area contributed by atoms with E-state index in [9.17, 15) is 14.4 Å². The van der Waals surface area contributed by atoms with Crippen molar-refractivity contribution in [3.8, 4) is 0 Å². The summed E-state index contributed by atoms with van der Waals surface area (Å²) in [5.41, 5.74) is 3.10. The van der Waals surface area contributed by atoms with Gasteiger partial charge in [-0.25, -0.2) is 0 Å². The second kappa shape index (κ2) is 9.22. The average molecular weight is 421 g/mol. The molecule has 2 N–H and O–H groups in total. The summed E-state index contributed by atoms with van der Waals surface area (Å²) in [5.74, 6) is -0.548. The third kappa shape index (κ3) is 4.60. The van der Waals surface area contributed by atoms with E-state index in [0.717, 1.165) is 34.9 Å². The van der Waals surface area contributed by atoms with Crippen LogP contribution in [0.15, 0.2) is 53.9 Å². The summed E-state index contributed by atoms with van der Waals surface area (Å²) in [6, 6.07) is 15.9. The topological polar surface area (TPSA) is 75.3 Å². The highest BCUT2D eigenvalue weighted by Crippen LogP contribution is 2.29. The molecule has 0 radical (unpaired) electrons. The molecule has 0 aliphatic heterocycles. The largest absolute Gasteiger partial charge is 0.348 e. The molecule has 3 aromatic rings. The Kier molecular flexibility index (Phi) is 6.23. The normalized spacial score (nSPS) is 15.4. The van der Waals surface area contributed by atoms with Gasteiger partial charge in [-0.05, 0) is 36.5 Å². The lowest BCUT2D eigenvalue weighted by atomic mass is 9.88. The van der Waals surface area contributed by atoms with Crippen molar-refractivity contribution in [3.05, 3.63) is 70.6 Å². The number of benzene rings is 2. The molecule has 1 unspecified atom stereocenters. The van der Waals surface area contributed by atoms with Gasteiger partial charge >= 0.3 is 0 Å². The van der Waals surface area contributed by atoms with E-state index in [-0.39, 0.29) is 43.0 Å². The Labute approximate surface area is 179 Å². The van der Waals surface area contributed by atoms with Crippen LogP contribution in [0.4, 0.5) is 0 Å². The SMILES string of the molecule is O=C(CCC(=O)c1csc2ccccc12)NCC(=O)NC1CCCc2ccccc21. The molecular weight excluding hydrogens is 396 g/mol. The molecule has 0 bridgehead atoms. The Hall–Kier alpha value is -2.99. The quantitative estimate of drug-likeness (QED) is 0.563. The Morgan fingerprint density at radius 3 is 2.67 bits per heavy atom. The van der Waals surface area contributed by atoms with Crippen molar-refractivity contribution in [2.75, 3.05) is 6.54 Å². The van der Waals surface area contributed by atoms with Crippen molar-refractivity contribution in [1.82, 2.24) is 10.6 Å². The monoisotopic (exact) mass is 420 g/mol. The Balaban J connectivity index is 1.24. The van der Waals surface area contributed by atoms with Gasteiger partial charge in [-0.1, -0.05) is 42.5 Å². The van der Waals surface area contributed by atoms with E-state index in [1.54, 1.807) is 0 Å². The molecule has 4 rings (SSSR count). The number of aryl methyl sites for hydroxylation is 1. The van der Waals surface area contributed by atoms with E-state index in [1.807, 2.05) is 41.8 Å². The second-order valence-electron chi connectivity index (χ2n) is 7.56. The van der Waals surface area contributed by atoms with Gasteiger partial charge in [0.2, 0.25) is 11.8 Å². The van der Waals surface area contributed by atoms with Crippen LogP contribution in [0, 0.1) is 0 Å². The van der Waals surface area contributed by atoms with Gasteiger partial charge in [0.25, 0.3) is 0 Å². The Bertz CT molecular complexity index is 1090. The van der Waals surface area contributed by atoms with Gasteiger partial charge < -0.3 is 10.6 Å². The predicted octanol–water partition coefficient (Wildman–Crippen LogP) is 4.17. The second-order valence-corrected chi connectivity index (χ2v) is 8.47. The van der Waals surface area contributed by atoms with Crippen molar-refractivity contribution in [1.29, 1.82) is 0 Å². The fourth-order valence-corrected chi connectivity index (χ4v) is 4.94. The first kappa shape index (κ1) is 20.3. The van der Waals surface area contributed by atoms with Crippen LogP contribution in [-0.2, 0) is 16.0 Å². The zero-order valence-electron chi connectivity index (χ0n) is 16.6. The molecular formula is C24H24N2O3S. The minimum absolute atomic E-state index is 0.00666. The van der Waals surface area contributed by atoms with Gasteiger partial charge in [-0.2, -0.15) is 0 Å². The minimum atomic E-state index is -0.290. The third-order valence-corrected chi connectivity index (χ3v) is 6.47. The first-order valence-electron chi connectivity index (χ1n) is 10.2. The number of Topliss-reactive ketones (excluding diaryl/α,β-unsaturated/α-hetero) is 1. The number of rotatable bonds is 7. The molecule has 1 heterocycles.